The Hall–Kier alpha value is -1.09. The van der Waals surface area contributed by atoms with Gasteiger partial charge in [0, 0.05) is 30.2 Å². The van der Waals surface area contributed by atoms with Gasteiger partial charge in [-0.15, -0.1) is 24.8 Å². The van der Waals surface area contributed by atoms with E-state index < -0.39 is 5.41 Å². The maximum absolute atomic E-state index is 13.4. The van der Waals surface area contributed by atoms with Crippen LogP contribution in [0.5, 0.6) is 0 Å². The lowest BCUT2D eigenvalue weighted by Gasteiger charge is -2.42. The Morgan fingerprint density at radius 1 is 1.11 bits per heavy atom. The molecule has 10 heteroatoms. The molecule has 1 saturated carbocycles. The Morgan fingerprint density at radius 3 is 2.31 bits per heavy atom. The molecule has 1 heterocycles. The number of halogens is 3. The summed E-state index contributed by atoms with van der Waals surface area (Å²) in [6.07, 6.45) is 6.89. The van der Waals surface area contributed by atoms with Gasteiger partial charge < -0.3 is 15.3 Å². The van der Waals surface area contributed by atoms with E-state index in [2.05, 4.69) is 10.7 Å². The summed E-state index contributed by atoms with van der Waals surface area (Å²) in [6.45, 7) is 4.76. The van der Waals surface area contributed by atoms with Crippen LogP contribution in [-0.2, 0) is 16.0 Å². The van der Waals surface area contributed by atoms with Gasteiger partial charge in [0.15, 0.2) is 0 Å². The van der Waals surface area contributed by atoms with Gasteiger partial charge in [0.25, 0.3) is 5.91 Å². The SMILES string of the molecule is CN[C@H](Cc1ccc(Cl)cc1)C(=O)NN1CC[C@H](N(C(=O)C(C)(C)CO)C2CCCCC2)C1.Cl.Cl. The van der Waals surface area contributed by atoms with E-state index in [1.165, 1.54) is 6.42 Å². The number of hydrogen-bond donors (Lipinski definition) is 3. The molecule has 1 aliphatic carbocycles. The number of aliphatic hydroxyl groups is 1. The number of nitrogens with zero attached hydrogens (tertiary/aromatic N) is 2. The van der Waals surface area contributed by atoms with Crippen molar-refractivity contribution in [2.75, 3.05) is 26.7 Å². The zero-order chi connectivity index (χ0) is 24.0. The molecule has 0 bridgehead atoms. The second-order valence-electron chi connectivity index (χ2n) is 10.1. The van der Waals surface area contributed by atoms with E-state index in [1.54, 1.807) is 7.05 Å². The molecular formula is C25H41Cl3N4O3. The third-order valence-corrected chi connectivity index (χ3v) is 7.27. The Labute approximate surface area is 227 Å². The largest absolute Gasteiger partial charge is 0.395 e. The molecule has 0 radical (unpaired) electrons. The summed E-state index contributed by atoms with van der Waals surface area (Å²) < 4.78 is 0. The second-order valence-corrected chi connectivity index (χ2v) is 10.5. The van der Waals surface area contributed by atoms with Gasteiger partial charge in [0.1, 0.15) is 0 Å². The molecule has 1 aliphatic heterocycles. The average molecular weight is 552 g/mol. The molecule has 2 amide bonds. The monoisotopic (exact) mass is 550 g/mol. The molecule has 2 aliphatic rings. The first-order chi connectivity index (χ1) is 15.7. The minimum atomic E-state index is -0.802. The predicted octanol–water partition coefficient (Wildman–Crippen LogP) is 3.60. The van der Waals surface area contributed by atoms with Crippen LogP contribution in [0.2, 0.25) is 5.02 Å². The quantitative estimate of drug-likeness (QED) is 0.437. The molecule has 3 N–H and O–H groups in total. The number of amides is 2. The summed E-state index contributed by atoms with van der Waals surface area (Å²) in [5.74, 6) is -0.0646. The highest BCUT2D eigenvalue weighted by molar-refractivity contribution is 6.30. The minimum absolute atomic E-state index is 0. The lowest BCUT2D eigenvalue weighted by Crippen LogP contribution is -2.55. The molecule has 0 spiro atoms. The first-order valence-electron chi connectivity index (χ1n) is 12.2. The van der Waals surface area contributed by atoms with Crippen molar-refractivity contribution in [2.24, 2.45) is 5.41 Å². The minimum Gasteiger partial charge on any atom is -0.395 e. The standard InChI is InChI=1S/C25H39ClN4O3.2ClH/c1-25(2,17-31)24(33)30(20-7-5-4-6-8-20)21-13-14-29(16-21)28-23(32)22(27-3)15-18-9-11-19(26)12-10-18;;/h9-12,20-22,27,31H,4-8,13-17H2,1-3H3,(H,28,32);2*1H/t21-,22+;;/m0../s1. The van der Waals surface area contributed by atoms with Crippen LogP contribution in [0.15, 0.2) is 24.3 Å². The number of carbonyl (C=O) groups is 2. The number of benzene rings is 1. The van der Waals surface area contributed by atoms with Crippen molar-refractivity contribution >= 4 is 48.2 Å². The van der Waals surface area contributed by atoms with E-state index >= 15 is 0 Å². The lowest BCUT2D eigenvalue weighted by molar-refractivity contribution is -0.148. The summed E-state index contributed by atoms with van der Waals surface area (Å²) in [4.78, 5) is 28.4. The van der Waals surface area contributed by atoms with Crippen LogP contribution < -0.4 is 10.7 Å². The van der Waals surface area contributed by atoms with Crippen LogP contribution >= 0.6 is 36.4 Å². The third-order valence-electron chi connectivity index (χ3n) is 7.02. The van der Waals surface area contributed by atoms with Crippen molar-refractivity contribution in [1.82, 2.24) is 20.7 Å². The molecule has 1 aromatic rings. The molecule has 200 valence electrons. The van der Waals surface area contributed by atoms with E-state index in [4.69, 9.17) is 11.6 Å². The summed E-state index contributed by atoms with van der Waals surface area (Å²) >= 11 is 5.97. The molecule has 1 saturated heterocycles. The fourth-order valence-corrected chi connectivity index (χ4v) is 5.02. The van der Waals surface area contributed by atoms with Crippen molar-refractivity contribution in [2.45, 2.75) is 76.9 Å². The van der Waals surface area contributed by atoms with Crippen LogP contribution in [0.4, 0.5) is 0 Å². The summed E-state index contributed by atoms with van der Waals surface area (Å²) in [7, 11) is 1.79. The van der Waals surface area contributed by atoms with Gasteiger partial charge in [-0.1, -0.05) is 43.0 Å². The fraction of sp³-hybridized carbons (Fsp3) is 0.680. The van der Waals surface area contributed by atoms with Gasteiger partial charge >= 0.3 is 0 Å². The molecular weight excluding hydrogens is 511 g/mol. The average Bonchev–Trinajstić information content (AvgIpc) is 3.27. The highest BCUT2D eigenvalue weighted by Gasteiger charge is 2.41. The number of hydrogen-bond acceptors (Lipinski definition) is 5. The van der Waals surface area contributed by atoms with Gasteiger partial charge in [0.2, 0.25) is 5.91 Å². The zero-order valence-corrected chi connectivity index (χ0v) is 23.4. The highest BCUT2D eigenvalue weighted by atomic mass is 35.5. The second kappa shape index (κ2) is 14.6. The zero-order valence-electron chi connectivity index (χ0n) is 21.0. The van der Waals surface area contributed by atoms with Crippen LogP contribution in [0.25, 0.3) is 0 Å². The number of rotatable bonds is 9. The smallest absolute Gasteiger partial charge is 0.251 e. The molecule has 35 heavy (non-hydrogen) atoms. The van der Waals surface area contributed by atoms with Crippen molar-refractivity contribution in [3.8, 4) is 0 Å². The number of carbonyl (C=O) groups excluding carboxylic acids is 2. The van der Waals surface area contributed by atoms with Crippen LogP contribution in [0.1, 0.15) is 57.9 Å². The first-order valence-corrected chi connectivity index (χ1v) is 12.5. The molecule has 0 unspecified atom stereocenters. The first kappa shape index (κ1) is 31.9. The van der Waals surface area contributed by atoms with Crippen LogP contribution in [0, 0.1) is 5.41 Å². The number of hydrazine groups is 1. The summed E-state index contributed by atoms with van der Waals surface area (Å²) in [6, 6.07) is 7.41. The number of likely N-dealkylation sites (N-methyl/N-ethyl adjacent to an activating group) is 1. The van der Waals surface area contributed by atoms with Crippen molar-refractivity contribution < 1.29 is 14.7 Å². The number of aliphatic hydroxyl groups excluding tert-OH is 1. The van der Waals surface area contributed by atoms with E-state index in [1.807, 2.05) is 48.0 Å². The molecule has 1 aromatic carbocycles. The van der Waals surface area contributed by atoms with E-state index in [9.17, 15) is 14.7 Å². The van der Waals surface area contributed by atoms with Crippen molar-refractivity contribution in [3.05, 3.63) is 34.9 Å². The summed E-state index contributed by atoms with van der Waals surface area (Å²) in [5.41, 5.74) is 3.29. The highest BCUT2D eigenvalue weighted by Crippen LogP contribution is 2.31. The van der Waals surface area contributed by atoms with Gasteiger partial charge in [-0.05, 0) is 64.3 Å². The van der Waals surface area contributed by atoms with E-state index in [0.717, 1.165) is 37.7 Å². The van der Waals surface area contributed by atoms with Gasteiger partial charge in [-0.25, -0.2) is 5.01 Å². The maximum atomic E-state index is 13.4. The third kappa shape index (κ3) is 8.48. The fourth-order valence-electron chi connectivity index (χ4n) is 4.89. The predicted molar refractivity (Wildman–Crippen MR) is 145 cm³/mol. The Balaban J connectivity index is 0.00000306. The molecule has 0 aromatic heterocycles. The topological polar surface area (TPSA) is 84.9 Å². The molecule has 2 atom stereocenters. The Morgan fingerprint density at radius 2 is 1.74 bits per heavy atom. The maximum Gasteiger partial charge on any atom is 0.251 e. The summed E-state index contributed by atoms with van der Waals surface area (Å²) in [5, 5.41) is 15.5. The van der Waals surface area contributed by atoms with Crippen LogP contribution in [0.3, 0.4) is 0 Å². The van der Waals surface area contributed by atoms with Crippen molar-refractivity contribution in [1.29, 1.82) is 0 Å². The van der Waals surface area contributed by atoms with E-state index in [0.29, 0.717) is 24.5 Å². The lowest BCUT2D eigenvalue weighted by atomic mass is 9.87. The van der Waals surface area contributed by atoms with Crippen LogP contribution in [-0.4, -0.2) is 71.7 Å². The molecule has 7 nitrogen and oxygen atoms in total. The van der Waals surface area contributed by atoms with Gasteiger partial charge in [-0.3, -0.25) is 15.0 Å². The Bertz CT molecular complexity index is 804. The molecule has 2 fully saturated rings. The normalized spacial score (nSPS) is 19.9. The van der Waals surface area contributed by atoms with E-state index in [-0.39, 0.29) is 61.4 Å². The van der Waals surface area contributed by atoms with Crippen molar-refractivity contribution in [3.63, 3.8) is 0 Å². The molecule has 3 rings (SSSR count). The Kier molecular flexibility index (Phi) is 13.3. The number of nitrogens with one attached hydrogen (secondary N) is 2. The van der Waals surface area contributed by atoms with Gasteiger partial charge in [-0.2, -0.15) is 0 Å². The van der Waals surface area contributed by atoms with Gasteiger partial charge in [0.05, 0.1) is 18.1 Å².